The van der Waals surface area contributed by atoms with Crippen molar-refractivity contribution >= 4 is 5.91 Å². The maximum absolute atomic E-state index is 12.2. The number of benzene rings is 1. The number of amides is 1. The standard InChI is InChI=1S/C21H30N2O3/c1-25-18-6-4-16(5-7-18)21(10-11-21)15-23-12-8-17(9-13-23)22-20(24)19-3-2-14-26-19/h4-7,17,19H,2-3,8-15H2,1H3,(H,22,24). The van der Waals surface area contributed by atoms with E-state index in [1.54, 1.807) is 7.11 Å². The van der Waals surface area contributed by atoms with Crippen molar-refractivity contribution in [2.45, 2.75) is 56.1 Å². The van der Waals surface area contributed by atoms with Gasteiger partial charge in [0, 0.05) is 37.7 Å². The molecule has 1 aromatic rings. The van der Waals surface area contributed by atoms with Gasteiger partial charge < -0.3 is 19.7 Å². The fraction of sp³-hybridized carbons (Fsp3) is 0.667. The molecule has 0 bridgehead atoms. The third kappa shape index (κ3) is 3.89. The van der Waals surface area contributed by atoms with Gasteiger partial charge in [-0.25, -0.2) is 0 Å². The molecule has 1 unspecified atom stereocenters. The molecule has 2 aliphatic heterocycles. The number of methoxy groups -OCH3 is 1. The second-order valence-corrected chi connectivity index (χ2v) is 8.07. The first-order valence-corrected chi connectivity index (χ1v) is 9.97. The lowest BCUT2D eigenvalue weighted by molar-refractivity contribution is -0.131. The summed E-state index contributed by atoms with van der Waals surface area (Å²) in [6.07, 6.45) is 6.29. The quantitative estimate of drug-likeness (QED) is 0.849. The highest BCUT2D eigenvalue weighted by Crippen LogP contribution is 2.49. The number of nitrogens with one attached hydrogen (secondary N) is 1. The first-order valence-electron chi connectivity index (χ1n) is 9.97. The van der Waals surface area contributed by atoms with Crippen LogP contribution in [0.25, 0.3) is 0 Å². The highest BCUT2D eigenvalue weighted by Gasteiger charge is 2.45. The molecule has 3 aliphatic rings. The number of piperidine rings is 1. The van der Waals surface area contributed by atoms with E-state index in [0.29, 0.717) is 11.5 Å². The van der Waals surface area contributed by atoms with E-state index in [1.165, 1.54) is 18.4 Å². The van der Waals surface area contributed by atoms with Crippen LogP contribution in [0.3, 0.4) is 0 Å². The summed E-state index contributed by atoms with van der Waals surface area (Å²) in [7, 11) is 1.71. The Kier molecular flexibility index (Phi) is 5.18. The molecule has 5 heteroatoms. The van der Waals surface area contributed by atoms with E-state index in [9.17, 15) is 4.79 Å². The van der Waals surface area contributed by atoms with Crippen LogP contribution in [-0.2, 0) is 14.9 Å². The number of carbonyl (C=O) groups is 1. The minimum atomic E-state index is -0.210. The lowest BCUT2D eigenvalue weighted by Crippen LogP contribution is -2.48. The number of likely N-dealkylation sites (tertiary alicyclic amines) is 1. The van der Waals surface area contributed by atoms with Gasteiger partial charge in [-0.15, -0.1) is 0 Å². The molecule has 2 saturated heterocycles. The predicted molar refractivity (Wildman–Crippen MR) is 100 cm³/mol. The maximum atomic E-state index is 12.2. The van der Waals surface area contributed by atoms with Crippen LogP contribution in [0.2, 0.25) is 0 Å². The van der Waals surface area contributed by atoms with Gasteiger partial charge in [-0.2, -0.15) is 0 Å². The molecule has 3 fully saturated rings. The summed E-state index contributed by atoms with van der Waals surface area (Å²) in [6.45, 7) is 3.98. The van der Waals surface area contributed by atoms with Crippen LogP contribution in [0, 0.1) is 0 Å². The van der Waals surface area contributed by atoms with Gasteiger partial charge in [0.25, 0.3) is 0 Å². The monoisotopic (exact) mass is 358 g/mol. The van der Waals surface area contributed by atoms with E-state index in [1.807, 2.05) is 0 Å². The van der Waals surface area contributed by atoms with E-state index in [0.717, 1.165) is 57.7 Å². The molecule has 5 nitrogen and oxygen atoms in total. The van der Waals surface area contributed by atoms with E-state index in [-0.39, 0.29) is 12.0 Å². The van der Waals surface area contributed by atoms with Gasteiger partial charge in [0.1, 0.15) is 11.9 Å². The zero-order valence-electron chi connectivity index (χ0n) is 15.7. The number of ether oxygens (including phenoxy) is 2. The van der Waals surface area contributed by atoms with Gasteiger partial charge in [0.05, 0.1) is 7.11 Å². The van der Waals surface area contributed by atoms with Crippen molar-refractivity contribution < 1.29 is 14.3 Å². The molecule has 0 aromatic heterocycles. The molecule has 0 spiro atoms. The molecule has 1 aliphatic carbocycles. The lowest BCUT2D eigenvalue weighted by atomic mass is 9.93. The van der Waals surface area contributed by atoms with E-state index in [2.05, 4.69) is 34.5 Å². The molecule has 1 saturated carbocycles. The normalized spacial score (nSPS) is 25.8. The molecule has 1 aromatic carbocycles. The summed E-state index contributed by atoms with van der Waals surface area (Å²) in [5.41, 5.74) is 1.77. The zero-order chi connectivity index (χ0) is 18.0. The van der Waals surface area contributed by atoms with Crippen molar-refractivity contribution in [1.82, 2.24) is 10.2 Å². The Balaban J connectivity index is 1.26. The minimum absolute atomic E-state index is 0.0952. The van der Waals surface area contributed by atoms with Gasteiger partial charge >= 0.3 is 0 Å². The second kappa shape index (κ2) is 7.57. The molecular weight excluding hydrogens is 328 g/mol. The minimum Gasteiger partial charge on any atom is -0.497 e. The molecule has 142 valence electrons. The van der Waals surface area contributed by atoms with Crippen molar-refractivity contribution in [1.29, 1.82) is 0 Å². The summed E-state index contributed by atoms with van der Waals surface area (Å²) in [5, 5.41) is 3.20. The Morgan fingerprint density at radius 1 is 1.23 bits per heavy atom. The van der Waals surface area contributed by atoms with Gasteiger partial charge in [-0.1, -0.05) is 12.1 Å². The average molecular weight is 358 g/mol. The van der Waals surface area contributed by atoms with E-state index < -0.39 is 0 Å². The molecule has 1 atom stereocenters. The third-order valence-corrected chi connectivity index (χ3v) is 6.24. The summed E-state index contributed by atoms with van der Waals surface area (Å²) >= 11 is 0. The maximum Gasteiger partial charge on any atom is 0.249 e. The largest absolute Gasteiger partial charge is 0.497 e. The molecule has 4 rings (SSSR count). The summed E-state index contributed by atoms with van der Waals surface area (Å²) in [4.78, 5) is 14.8. The van der Waals surface area contributed by atoms with Gasteiger partial charge in [-0.3, -0.25) is 4.79 Å². The molecule has 1 amide bonds. The number of rotatable bonds is 6. The molecule has 2 heterocycles. The highest BCUT2D eigenvalue weighted by molar-refractivity contribution is 5.81. The Bertz CT molecular complexity index is 613. The Hall–Kier alpha value is -1.59. The topological polar surface area (TPSA) is 50.8 Å². The van der Waals surface area contributed by atoms with Crippen molar-refractivity contribution in [2.24, 2.45) is 0 Å². The van der Waals surface area contributed by atoms with Crippen molar-refractivity contribution in [3.63, 3.8) is 0 Å². The zero-order valence-corrected chi connectivity index (χ0v) is 15.7. The van der Waals surface area contributed by atoms with Gasteiger partial charge in [0.2, 0.25) is 5.91 Å². The van der Waals surface area contributed by atoms with Crippen LogP contribution in [-0.4, -0.2) is 56.3 Å². The van der Waals surface area contributed by atoms with Crippen LogP contribution >= 0.6 is 0 Å². The molecular formula is C21H30N2O3. The first kappa shape index (κ1) is 17.8. The summed E-state index contributed by atoms with van der Waals surface area (Å²) in [6, 6.07) is 8.89. The van der Waals surface area contributed by atoms with Gasteiger partial charge in [-0.05, 0) is 56.2 Å². The third-order valence-electron chi connectivity index (χ3n) is 6.24. The number of carbonyl (C=O) groups excluding carboxylic acids is 1. The van der Waals surface area contributed by atoms with Crippen LogP contribution in [0.15, 0.2) is 24.3 Å². The van der Waals surface area contributed by atoms with Crippen molar-refractivity contribution in [2.75, 3.05) is 33.4 Å². The van der Waals surface area contributed by atoms with E-state index >= 15 is 0 Å². The predicted octanol–water partition coefficient (Wildman–Crippen LogP) is 2.49. The molecule has 26 heavy (non-hydrogen) atoms. The smallest absolute Gasteiger partial charge is 0.249 e. The fourth-order valence-corrected chi connectivity index (χ4v) is 4.38. The average Bonchev–Trinajstić information content (AvgIpc) is 3.24. The van der Waals surface area contributed by atoms with Crippen LogP contribution in [0.5, 0.6) is 5.75 Å². The Labute approximate surface area is 156 Å². The highest BCUT2D eigenvalue weighted by atomic mass is 16.5. The number of nitrogens with zero attached hydrogens (tertiary/aromatic N) is 1. The SMILES string of the molecule is COc1ccc(C2(CN3CCC(NC(=O)C4CCCO4)CC3)CC2)cc1. The molecule has 1 N–H and O–H groups in total. The summed E-state index contributed by atoms with van der Waals surface area (Å²) in [5.74, 6) is 1.02. The van der Waals surface area contributed by atoms with Crippen LogP contribution < -0.4 is 10.1 Å². The van der Waals surface area contributed by atoms with Crippen molar-refractivity contribution in [3.05, 3.63) is 29.8 Å². The first-order chi connectivity index (χ1) is 12.7. The second-order valence-electron chi connectivity index (χ2n) is 8.07. The lowest BCUT2D eigenvalue weighted by Gasteiger charge is -2.35. The number of hydrogen-bond acceptors (Lipinski definition) is 4. The Morgan fingerprint density at radius 3 is 2.54 bits per heavy atom. The molecule has 0 radical (unpaired) electrons. The number of hydrogen-bond donors (Lipinski definition) is 1. The van der Waals surface area contributed by atoms with Crippen molar-refractivity contribution in [3.8, 4) is 5.75 Å². The van der Waals surface area contributed by atoms with Gasteiger partial charge in [0.15, 0.2) is 0 Å². The Morgan fingerprint density at radius 2 is 1.96 bits per heavy atom. The fourth-order valence-electron chi connectivity index (χ4n) is 4.38. The summed E-state index contributed by atoms with van der Waals surface area (Å²) < 4.78 is 10.8. The van der Waals surface area contributed by atoms with Crippen LogP contribution in [0.1, 0.15) is 44.1 Å². The van der Waals surface area contributed by atoms with E-state index in [4.69, 9.17) is 9.47 Å². The van der Waals surface area contributed by atoms with Crippen LogP contribution in [0.4, 0.5) is 0 Å².